The minimum absolute atomic E-state index is 0. The van der Waals surface area contributed by atoms with Gasteiger partial charge in [0.15, 0.2) is 17.5 Å². The number of aliphatic hydroxyl groups excluding tert-OH is 1. The number of ether oxygens (including phenoxy) is 2. The highest BCUT2D eigenvalue weighted by atomic mass is 127. The van der Waals surface area contributed by atoms with Crippen LogP contribution in [0.3, 0.4) is 0 Å². The van der Waals surface area contributed by atoms with E-state index in [4.69, 9.17) is 14.6 Å². The van der Waals surface area contributed by atoms with Crippen molar-refractivity contribution in [3.8, 4) is 11.5 Å². The summed E-state index contributed by atoms with van der Waals surface area (Å²) in [5.74, 6) is 2.63. The first-order valence-electron chi connectivity index (χ1n) is 8.03. The summed E-state index contributed by atoms with van der Waals surface area (Å²) in [6.45, 7) is 8.83. The first kappa shape index (κ1) is 22.8. The molecule has 0 saturated carbocycles. The molecule has 1 aromatic rings. The second kappa shape index (κ2) is 13.1. The number of halogens is 1. The van der Waals surface area contributed by atoms with Gasteiger partial charge in [0.2, 0.25) is 0 Å². The summed E-state index contributed by atoms with van der Waals surface area (Å²) in [5, 5.41) is 15.4. The van der Waals surface area contributed by atoms with Crippen LogP contribution in [0.4, 0.5) is 0 Å². The van der Waals surface area contributed by atoms with E-state index in [2.05, 4.69) is 29.5 Å². The molecule has 7 heteroatoms. The van der Waals surface area contributed by atoms with Gasteiger partial charge in [0.1, 0.15) is 6.61 Å². The Hall–Kier alpha value is -1.22. The molecule has 6 nitrogen and oxygen atoms in total. The number of aliphatic imine (C=N–C) groups is 1. The van der Waals surface area contributed by atoms with Crippen molar-refractivity contribution < 1.29 is 14.6 Å². The van der Waals surface area contributed by atoms with Gasteiger partial charge in [0.05, 0.1) is 20.3 Å². The molecule has 0 saturated heterocycles. The van der Waals surface area contributed by atoms with E-state index in [-0.39, 0.29) is 37.2 Å². The molecule has 0 fully saturated rings. The fourth-order valence-corrected chi connectivity index (χ4v) is 1.90. The van der Waals surface area contributed by atoms with Crippen molar-refractivity contribution in [2.24, 2.45) is 10.9 Å². The quantitative estimate of drug-likeness (QED) is 0.306. The van der Waals surface area contributed by atoms with Crippen molar-refractivity contribution >= 4 is 29.9 Å². The van der Waals surface area contributed by atoms with Gasteiger partial charge in [-0.3, -0.25) is 0 Å². The first-order valence-corrected chi connectivity index (χ1v) is 8.03. The monoisotopic (exact) mass is 451 g/mol. The summed E-state index contributed by atoms with van der Waals surface area (Å²) in [5.41, 5.74) is 1.03. The molecule has 0 aliphatic carbocycles. The number of hydrogen-bond acceptors (Lipinski definition) is 4. The van der Waals surface area contributed by atoms with Crippen LogP contribution >= 0.6 is 24.0 Å². The van der Waals surface area contributed by atoms with Gasteiger partial charge in [-0.1, -0.05) is 19.9 Å². The number of aliphatic hydroxyl groups is 1. The summed E-state index contributed by atoms with van der Waals surface area (Å²) in [6, 6.07) is 5.70. The molecule has 24 heavy (non-hydrogen) atoms. The van der Waals surface area contributed by atoms with Gasteiger partial charge >= 0.3 is 0 Å². The third-order valence-corrected chi connectivity index (χ3v) is 3.02. The maximum Gasteiger partial charge on any atom is 0.191 e. The van der Waals surface area contributed by atoms with E-state index in [1.54, 1.807) is 7.11 Å². The molecule has 0 amide bonds. The molecule has 1 rings (SSSR count). The van der Waals surface area contributed by atoms with E-state index in [1.807, 2.05) is 25.1 Å². The lowest BCUT2D eigenvalue weighted by molar-refractivity contribution is 0.196. The molecule has 0 aromatic heterocycles. The van der Waals surface area contributed by atoms with Crippen molar-refractivity contribution in [3.63, 3.8) is 0 Å². The fraction of sp³-hybridized carbons (Fsp3) is 0.588. The van der Waals surface area contributed by atoms with E-state index in [9.17, 15) is 0 Å². The highest BCUT2D eigenvalue weighted by Gasteiger charge is 2.06. The van der Waals surface area contributed by atoms with Crippen LogP contribution in [0.2, 0.25) is 0 Å². The minimum Gasteiger partial charge on any atom is -0.493 e. The maximum atomic E-state index is 8.83. The average molecular weight is 451 g/mol. The highest BCUT2D eigenvalue weighted by Crippen LogP contribution is 2.28. The molecular weight excluding hydrogens is 421 g/mol. The van der Waals surface area contributed by atoms with Crippen molar-refractivity contribution in [2.45, 2.75) is 27.3 Å². The van der Waals surface area contributed by atoms with Gasteiger partial charge in [-0.05, 0) is 30.5 Å². The predicted octanol–water partition coefficient (Wildman–Crippen LogP) is 2.40. The van der Waals surface area contributed by atoms with Gasteiger partial charge < -0.3 is 25.2 Å². The Morgan fingerprint density at radius 2 is 2.00 bits per heavy atom. The van der Waals surface area contributed by atoms with Crippen LogP contribution in [0, 0.1) is 5.92 Å². The average Bonchev–Trinajstić information content (AvgIpc) is 2.55. The van der Waals surface area contributed by atoms with Crippen LogP contribution in [-0.2, 0) is 6.54 Å². The van der Waals surface area contributed by atoms with Crippen LogP contribution < -0.4 is 20.1 Å². The van der Waals surface area contributed by atoms with Crippen molar-refractivity contribution in [3.05, 3.63) is 23.8 Å². The third kappa shape index (κ3) is 8.58. The molecule has 1 aromatic carbocycles. The molecule has 0 aliphatic heterocycles. The van der Waals surface area contributed by atoms with E-state index in [1.165, 1.54) is 0 Å². The lowest BCUT2D eigenvalue weighted by Gasteiger charge is -2.13. The molecule has 0 heterocycles. The van der Waals surface area contributed by atoms with E-state index in [0.29, 0.717) is 24.0 Å². The summed E-state index contributed by atoms with van der Waals surface area (Å²) in [6.07, 6.45) is 0. The number of methoxy groups -OCH3 is 1. The molecule has 0 spiro atoms. The van der Waals surface area contributed by atoms with Crippen molar-refractivity contribution in [1.82, 2.24) is 10.6 Å². The van der Waals surface area contributed by atoms with Crippen LogP contribution in [0.5, 0.6) is 11.5 Å². The van der Waals surface area contributed by atoms with Crippen LogP contribution in [0.1, 0.15) is 26.3 Å². The van der Waals surface area contributed by atoms with E-state index in [0.717, 1.165) is 24.6 Å². The van der Waals surface area contributed by atoms with Gasteiger partial charge in [-0.25, -0.2) is 4.99 Å². The Labute approximate surface area is 162 Å². The van der Waals surface area contributed by atoms with Gasteiger partial charge in [-0.15, -0.1) is 24.0 Å². The van der Waals surface area contributed by atoms with E-state index < -0.39 is 0 Å². The standard InChI is InChI=1S/C17H29N3O3.HI/c1-5-18-17(19-11-13(2)3)20-12-14-6-7-15(23-9-8-21)16(10-14)22-4;/h6-7,10,13,21H,5,8-9,11-12H2,1-4H3,(H2,18,19,20);1H. The molecule has 0 unspecified atom stereocenters. The normalized spacial score (nSPS) is 11.0. The smallest absolute Gasteiger partial charge is 0.191 e. The summed E-state index contributed by atoms with van der Waals surface area (Å²) in [4.78, 5) is 4.58. The molecule has 0 bridgehead atoms. The SMILES string of the molecule is CCNC(=NCc1ccc(OCCO)c(OC)c1)NCC(C)C.I. The van der Waals surface area contributed by atoms with Crippen LogP contribution in [-0.4, -0.2) is 44.5 Å². The Morgan fingerprint density at radius 1 is 1.25 bits per heavy atom. The molecule has 0 aliphatic rings. The Balaban J connectivity index is 0.00000529. The van der Waals surface area contributed by atoms with Gasteiger partial charge in [0.25, 0.3) is 0 Å². The Morgan fingerprint density at radius 3 is 2.58 bits per heavy atom. The van der Waals surface area contributed by atoms with Crippen molar-refractivity contribution in [1.29, 1.82) is 0 Å². The second-order valence-electron chi connectivity index (χ2n) is 5.53. The lowest BCUT2D eigenvalue weighted by Crippen LogP contribution is -2.39. The Bertz CT molecular complexity index is 496. The van der Waals surface area contributed by atoms with Gasteiger partial charge in [-0.2, -0.15) is 0 Å². The fourth-order valence-electron chi connectivity index (χ4n) is 1.90. The number of nitrogens with one attached hydrogen (secondary N) is 2. The van der Waals surface area contributed by atoms with Gasteiger partial charge in [0, 0.05) is 13.1 Å². The molecule has 0 radical (unpaired) electrons. The largest absolute Gasteiger partial charge is 0.493 e. The van der Waals surface area contributed by atoms with E-state index >= 15 is 0 Å². The summed E-state index contributed by atoms with van der Waals surface area (Å²) in [7, 11) is 1.60. The molecular formula is C17H30IN3O3. The zero-order valence-electron chi connectivity index (χ0n) is 15.0. The second-order valence-corrected chi connectivity index (χ2v) is 5.53. The summed E-state index contributed by atoms with van der Waals surface area (Å²) < 4.78 is 10.8. The third-order valence-electron chi connectivity index (χ3n) is 3.02. The van der Waals surface area contributed by atoms with Crippen LogP contribution in [0.25, 0.3) is 0 Å². The number of benzene rings is 1. The number of nitrogens with zero attached hydrogens (tertiary/aromatic N) is 1. The number of rotatable bonds is 9. The maximum absolute atomic E-state index is 8.83. The highest BCUT2D eigenvalue weighted by molar-refractivity contribution is 14.0. The summed E-state index contributed by atoms with van der Waals surface area (Å²) >= 11 is 0. The zero-order valence-corrected chi connectivity index (χ0v) is 17.3. The molecule has 0 atom stereocenters. The van der Waals surface area contributed by atoms with Crippen LogP contribution in [0.15, 0.2) is 23.2 Å². The lowest BCUT2D eigenvalue weighted by atomic mass is 10.2. The first-order chi connectivity index (χ1) is 11.1. The topological polar surface area (TPSA) is 75.1 Å². The molecule has 138 valence electrons. The molecule has 3 N–H and O–H groups in total. The zero-order chi connectivity index (χ0) is 17.1. The number of hydrogen-bond donors (Lipinski definition) is 3. The van der Waals surface area contributed by atoms with Crippen molar-refractivity contribution in [2.75, 3.05) is 33.4 Å². The number of guanidine groups is 1. The predicted molar refractivity (Wildman–Crippen MR) is 109 cm³/mol. The Kier molecular flexibility index (Phi) is 12.4. The minimum atomic E-state index is -0.0250.